The summed E-state index contributed by atoms with van der Waals surface area (Å²) in [6.45, 7) is 5.64. The molecule has 1 aliphatic heterocycles. The first kappa shape index (κ1) is 18.1. The van der Waals surface area contributed by atoms with Crippen molar-refractivity contribution in [1.29, 1.82) is 0 Å². The molecule has 0 amide bonds. The smallest absolute Gasteiger partial charge is 0.306 e. The highest BCUT2D eigenvalue weighted by molar-refractivity contribution is 5.75. The van der Waals surface area contributed by atoms with Gasteiger partial charge in [0.15, 0.2) is 0 Å². The Morgan fingerprint density at radius 3 is 2.62 bits per heavy atom. The van der Waals surface area contributed by atoms with Crippen molar-refractivity contribution in [3.05, 3.63) is 0 Å². The molecule has 5 heteroatoms. The summed E-state index contributed by atoms with van der Waals surface area (Å²) >= 11 is 0. The van der Waals surface area contributed by atoms with Crippen LogP contribution in [0.4, 0.5) is 0 Å². The zero-order chi connectivity index (χ0) is 15.7. The number of hydrogen-bond donors (Lipinski definition) is 1. The minimum Gasteiger partial charge on any atom is -0.461 e. The molecule has 0 spiro atoms. The Morgan fingerprint density at radius 1 is 1.19 bits per heavy atom. The molecule has 5 nitrogen and oxygen atoms in total. The molecule has 0 aliphatic carbocycles. The molecule has 1 fully saturated rings. The molecule has 1 heterocycles. The third-order valence-corrected chi connectivity index (χ3v) is 3.98. The van der Waals surface area contributed by atoms with Crippen LogP contribution in [0.3, 0.4) is 0 Å². The number of hydrogen-bond acceptors (Lipinski definition) is 5. The molecule has 0 radical (unpaired) electrons. The maximum atomic E-state index is 11.6. The van der Waals surface area contributed by atoms with Gasteiger partial charge in [-0.3, -0.25) is 9.69 Å². The molecule has 1 aliphatic rings. The lowest BCUT2D eigenvalue weighted by Gasteiger charge is -2.20. The molecule has 1 rings (SSSR count). The van der Waals surface area contributed by atoms with E-state index in [-0.39, 0.29) is 24.5 Å². The van der Waals surface area contributed by atoms with E-state index < -0.39 is 0 Å². The van der Waals surface area contributed by atoms with E-state index in [9.17, 15) is 9.59 Å². The van der Waals surface area contributed by atoms with Gasteiger partial charge < -0.3 is 14.6 Å². The van der Waals surface area contributed by atoms with Crippen molar-refractivity contribution in [3.63, 3.8) is 0 Å². The number of esters is 1. The van der Waals surface area contributed by atoms with E-state index in [2.05, 4.69) is 11.8 Å². The van der Waals surface area contributed by atoms with Crippen molar-refractivity contribution < 1.29 is 19.4 Å². The Kier molecular flexibility index (Phi) is 8.54. The third kappa shape index (κ3) is 7.58. The van der Waals surface area contributed by atoms with Crippen molar-refractivity contribution in [3.8, 4) is 0 Å². The van der Waals surface area contributed by atoms with E-state index in [1.54, 1.807) is 6.92 Å². The Hall–Kier alpha value is -0.940. The largest absolute Gasteiger partial charge is 0.461 e. The maximum absolute atomic E-state index is 11.6. The van der Waals surface area contributed by atoms with Gasteiger partial charge in [0.2, 0.25) is 0 Å². The molecule has 0 aromatic rings. The Bertz CT molecular complexity index is 332. The standard InChI is InChI=1S/C16H29NO4/c1-13-11-15(21-16(20)8-6-10-18)12-17(13)9-5-3-4-7-14(2)19/h13,15,18H,3-12H2,1-2H3. The summed E-state index contributed by atoms with van der Waals surface area (Å²) in [4.78, 5) is 24.8. The molecule has 1 saturated heterocycles. The molecule has 0 saturated carbocycles. The lowest BCUT2D eigenvalue weighted by atomic mass is 10.1. The van der Waals surface area contributed by atoms with Gasteiger partial charge in [0, 0.05) is 38.5 Å². The van der Waals surface area contributed by atoms with Crippen LogP contribution in [0.25, 0.3) is 0 Å². The number of aliphatic hydroxyl groups is 1. The van der Waals surface area contributed by atoms with Gasteiger partial charge in [-0.1, -0.05) is 6.42 Å². The second kappa shape index (κ2) is 9.90. The van der Waals surface area contributed by atoms with E-state index >= 15 is 0 Å². The summed E-state index contributed by atoms with van der Waals surface area (Å²) in [5.74, 6) is 0.0592. The zero-order valence-electron chi connectivity index (χ0n) is 13.3. The number of ether oxygens (including phenoxy) is 1. The number of likely N-dealkylation sites (tertiary alicyclic amines) is 1. The average molecular weight is 299 g/mol. The van der Waals surface area contributed by atoms with E-state index in [1.165, 1.54) is 0 Å². The van der Waals surface area contributed by atoms with Gasteiger partial charge in [-0.15, -0.1) is 0 Å². The van der Waals surface area contributed by atoms with Crippen molar-refractivity contribution >= 4 is 11.8 Å². The summed E-state index contributed by atoms with van der Waals surface area (Å²) < 4.78 is 5.44. The number of nitrogens with zero attached hydrogens (tertiary/aromatic N) is 1. The lowest BCUT2D eigenvalue weighted by molar-refractivity contribution is -0.148. The van der Waals surface area contributed by atoms with Crippen molar-refractivity contribution in [1.82, 2.24) is 4.90 Å². The zero-order valence-corrected chi connectivity index (χ0v) is 13.3. The molecular formula is C16H29NO4. The quantitative estimate of drug-likeness (QED) is 0.493. The summed E-state index contributed by atoms with van der Waals surface area (Å²) in [6, 6.07) is 0.438. The van der Waals surface area contributed by atoms with E-state index in [0.717, 1.165) is 38.8 Å². The van der Waals surface area contributed by atoms with Crippen LogP contribution >= 0.6 is 0 Å². The predicted molar refractivity (Wildman–Crippen MR) is 81.0 cm³/mol. The molecule has 2 atom stereocenters. The number of carbonyl (C=O) groups excluding carboxylic acids is 2. The first-order valence-corrected chi connectivity index (χ1v) is 8.06. The second-order valence-corrected chi connectivity index (χ2v) is 6.03. The Labute approximate surface area is 127 Å². The van der Waals surface area contributed by atoms with Gasteiger partial charge in [0.25, 0.3) is 0 Å². The second-order valence-electron chi connectivity index (χ2n) is 6.03. The Balaban J connectivity index is 2.17. The number of Topliss-reactive ketones (excluding diaryl/α,β-unsaturated/α-hetero) is 1. The molecule has 21 heavy (non-hydrogen) atoms. The van der Waals surface area contributed by atoms with Gasteiger partial charge in [-0.2, -0.15) is 0 Å². The van der Waals surface area contributed by atoms with E-state index in [0.29, 0.717) is 25.3 Å². The number of rotatable bonds is 10. The molecule has 122 valence electrons. The highest BCUT2D eigenvalue weighted by Crippen LogP contribution is 2.21. The fourth-order valence-electron chi connectivity index (χ4n) is 2.78. The van der Waals surface area contributed by atoms with Crippen LogP contribution in [0, 0.1) is 0 Å². The monoisotopic (exact) mass is 299 g/mol. The maximum Gasteiger partial charge on any atom is 0.306 e. The highest BCUT2D eigenvalue weighted by atomic mass is 16.5. The van der Waals surface area contributed by atoms with Gasteiger partial charge in [-0.05, 0) is 39.7 Å². The summed E-state index contributed by atoms with van der Waals surface area (Å²) in [5.41, 5.74) is 0. The topological polar surface area (TPSA) is 66.8 Å². The van der Waals surface area contributed by atoms with Crippen LogP contribution in [0.5, 0.6) is 0 Å². The molecule has 2 unspecified atom stereocenters. The first-order valence-electron chi connectivity index (χ1n) is 8.06. The Morgan fingerprint density at radius 2 is 1.95 bits per heavy atom. The van der Waals surface area contributed by atoms with Gasteiger partial charge in [0.1, 0.15) is 11.9 Å². The van der Waals surface area contributed by atoms with Gasteiger partial charge in [0.05, 0.1) is 0 Å². The summed E-state index contributed by atoms with van der Waals surface area (Å²) in [7, 11) is 0. The van der Waals surface area contributed by atoms with Crippen LogP contribution in [0.2, 0.25) is 0 Å². The number of aliphatic hydroxyl groups excluding tert-OH is 1. The molecule has 0 aromatic heterocycles. The molecule has 0 bridgehead atoms. The van der Waals surface area contributed by atoms with Crippen molar-refractivity contribution in [2.24, 2.45) is 0 Å². The summed E-state index contributed by atoms with van der Waals surface area (Å²) in [5, 5.41) is 8.70. The number of unbranched alkanes of at least 4 members (excludes halogenated alkanes) is 2. The van der Waals surface area contributed by atoms with Crippen LogP contribution < -0.4 is 0 Å². The lowest BCUT2D eigenvalue weighted by Crippen LogP contribution is -2.29. The van der Waals surface area contributed by atoms with Crippen molar-refractivity contribution in [2.45, 2.75) is 70.9 Å². The van der Waals surface area contributed by atoms with Gasteiger partial charge in [-0.25, -0.2) is 0 Å². The minimum absolute atomic E-state index is 0.0107. The van der Waals surface area contributed by atoms with Crippen molar-refractivity contribution in [2.75, 3.05) is 19.7 Å². The summed E-state index contributed by atoms with van der Waals surface area (Å²) in [6.07, 6.45) is 5.46. The normalized spacial score (nSPS) is 22.4. The molecule has 1 N–H and O–H groups in total. The predicted octanol–water partition coefficient (Wildman–Crippen LogP) is 1.91. The first-order chi connectivity index (χ1) is 10.0. The number of ketones is 1. The highest BCUT2D eigenvalue weighted by Gasteiger charge is 2.30. The SMILES string of the molecule is CC(=O)CCCCCN1CC(OC(=O)CCCO)CC1C. The minimum atomic E-state index is -0.204. The van der Waals surface area contributed by atoms with Crippen LogP contribution in [0.15, 0.2) is 0 Å². The van der Waals surface area contributed by atoms with E-state index in [4.69, 9.17) is 9.84 Å². The van der Waals surface area contributed by atoms with Crippen LogP contribution in [-0.2, 0) is 14.3 Å². The van der Waals surface area contributed by atoms with Crippen LogP contribution in [0.1, 0.15) is 58.8 Å². The average Bonchev–Trinajstić information content (AvgIpc) is 2.75. The fourth-order valence-corrected chi connectivity index (χ4v) is 2.78. The van der Waals surface area contributed by atoms with Gasteiger partial charge >= 0.3 is 5.97 Å². The molecule has 0 aromatic carbocycles. The molecular weight excluding hydrogens is 270 g/mol. The third-order valence-electron chi connectivity index (χ3n) is 3.98. The van der Waals surface area contributed by atoms with Crippen LogP contribution in [-0.4, -0.2) is 53.6 Å². The fraction of sp³-hybridized carbons (Fsp3) is 0.875. The van der Waals surface area contributed by atoms with E-state index in [1.807, 2.05) is 0 Å². The number of carbonyl (C=O) groups is 2.